The molecule has 4 heteroatoms. The highest BCUT2D eigenvalue weighted by molar-refractivity contribution is 8.14. The van der Waals surface area contributed by atoms with E-state index in [2.05, 4.69) is 17.6 Å². The molecule has 0 saturated carbocycles. The van der Waals surface area contributed by atoms with Gasteiger partial charge in [-0.15, -0.1) is 11.8 Å². The third kappa shape index (κ3) is 4.75. The fraction of sp³-hybridized carbons (Fsp3) is 0.375. The van der Waals surface area contributed by atoms with Crippen LogP contribution in [0.5, 0.6) is 5.75 Å². The van der Waals surface area contributed by atoms with Crippen molar-refractivity contribution in [3.63, 3.8) is 0 Å². The van der Waals surface area contributed by atoms with Gasteiger partial charge in [0.15, 0.2) is 0 Å². The van der Waals surface area contributed by atoms with Crippen LogP contribution in [0, 0.1) is 11.3 Å². The van der Waals surface area contributed by atoms with E-state index in [9.17, 15) is 5.26 Å². The van der Waals surface area contributed by atoms with Crippen molar-refractivity contribution in [2.75, 3.05) is 12.8 Å². The first kappa shape index (κ1) is 16.3. The zero-order valence-corrected chi connectivity index (χ0v) is 13.3. The first-order valence-corrected chi connectivity index (χ1v) is 7.41. The van der Waals surface area contributed by atoms with Crippen molar-refractivity contribution in [1.29, 1.82) is 5.26 Å². The molecule has 0 aliphatic rings. The Bertz CT molecular complexity index is 556. The van der Waals surface area contributed by atoms with Crippen LogP contribution >= 0.6 is 11.8 Å². The summed E-state index contributed by atoms with van der Waals surface area (Å²) in [5, 5.41) is 10.1. The molecule has 0 aliphatic heterocycles. The van der Waals surface area contributed by atoms with Gasteiger partial charge in [0.2, 0.25) is 0 Å². The molecule has 0 radical (unpaired) electrons. The molecule has 20 heavy (non-hydrogen) atoms. The highest BCUT2D eigenvalue weighted by atomic mass is 32.2. The van der Waals surface area contributed by atoms with Crippen molar-refractivity contribution in [3.8, 4) is 11.8 Å². The molecule has 0 fully saturated rings. The largest absolute Gasteiger partial charge is 0.490 e. The third-order valence-corrected chi connectivity index (χ3v) is 3.70. The van der Waals surface area contributed by atoms with E-state index in [1.54, 1.807) is 18.8 Å². The summed E-state index contributed by atoms with van der Waals surface area (Å²) < 4.78 is 5.62. The van der Waals surface area contributed by atoms with Crippen LogP contribution in [0.25, 0.3) is 0 Å². The van der Waals surface area contributed by atoms with Crippen LogP contribution in [0.3, 0.4) is 0 Å². The molecule has 0 unspecified atom stereocenters. The van der Waals surface area contributed by atoms with Gasteiger partial charge < -0.3 is 4.74 Å². The predicted molar refractivity (Wildman–Crippen MR) is 86.7 cm³/mol. The van der Waals surface area contributed by atoms with Gasteiger partial charge in [0.25, 0.3) is 0 Å². The molecule has 1 rings (SSSR count). The minimum Gasteiger partial charge on any atom is -0.490 e. The van der Waals surface area contributed by atoms with Gasteiger partial charge in [-0.3, -0.25) is 4.99 Å². The number of thioether (sulfide) groups is 1. The maximum atomic E-state index is 9.24. The van der Waals surface area contributed by atoms with E-state index in [1.807, 2.05) is 39.0 Å². The number of benzene rings is 1. The summed E-state index contributed by atoms with van der Waals surface area (Å²) in [6.45, 7) is 9.76. The highest BCUT2D eigenvalue weighted by Crippen LogP contribution is 2.24. The van der Waals surface area contributed by atoms with E-state index >= 15 is 0 Å². The zero-order valence-electron chi connectivity index (χ0n) is 12.4. The van der Waals surface area contributed by atoms with Gasteiger partial charge >= 0.3 is 0 Å². The lowest BCUT2D eigenvalue weighted by molar-refractivity contribution is 0.241. The quantitative estimate of drug-likeness (QED) is 0.467. The maximum Gasteiger partial charge on any atom is 0.137 e. The van der Waals surface area contributed by atoms with Crippen LogP contribution in [0.4, 0.5) is 0 Å². The minimum atomic E-state index is 0.0463. The highest BCUT2D eigenvalue weighted by Gasteiger charge is 2.10. The Morgan fingerprint density at radius 1 is 1.50 bits per heavy atom. The average Bonchev–Trinajstić information content (AvgIpc) is 2.39. The number of rotatable bonds is 5. The normalized spacial score (nSPS) is 11.3. The Kier molecular flexibility index (Phi) is 6.33. The molecule has 0 bridgehead atoms. The molecule has 0 N–H and O–H groups in total. The lowest BCUT2D eigenvalue weighted by Gasteiger charge is -2.13. The molecule has 0 saturated heterocycles. The van der Waals surface area contributed by atoms with Crippen LogP contribution in [0.2, 0.25) is 0 Å². The van der Waals surface area contributed by atoms with E-state index in [4.69, 9.17) is 4.74 Å². The molecule has 0 aliphatic carbocycles. The van der Waals surface area contributed by atoms with E-state index < -0.39 is 0 Å². The summed E-state index contributed by atoms with van der Waals surface area (Å²) in [5.41, 5.74) is 2.57. The standard InChI is InChI=1S/C16H20N2OS/c1-11(2)10-20-16(18-5)13-6-7-15(19-12(3)4)14(8-13)9-17/h6-8,12H,1,10H2,2-5H3. The van der Waals surface area contributed by atoms with Crippen LogP contribution in [-0.4, -0.2) is 23.9 Å². The third-order valence-electron chi connectivity index (χ3n) is 2.37. The smallest absolute Gasteiger partial charge is 0.137 e. The fourth-order valence-electron chi connectivity index (χ4n) is 1.58. The zero-order chi connectivity index (χ0) is 15.1. The monoisotopic (exact) mass is 288 g/mol. The fourth-order valence-corrected chi connectivity index (χ4v) is 2.38. The first-order chi connectivity index (χ1) is 9.47. The number of nitrogens with zero attached hydrogens (tertiary/aromatic N) is 2. The molecular weight excluding hydrogens is 268 g/mol. The summed E-state index contributed by atoms with van der Waals surface area (Å²) >= 11 is 1.62. The van der Waals surface area contributed by atoms with Crippen molar-refractivity contribution < 1.29 is 4.74 Å². The van der Waals surface area contributed by atoms with Gasteiger partial charge in [0, 0.05) is 18.4 Å². The lowest BCUT2D eigenvalue weighted by atomic mass is 10.1. The molecule has 0 heterocycles. The summed E-state index contributed by atoms with van der Waals surface area (Å²) in [6.07, 6.45) is 0.0463. The van der Waals surface area contributed by atoms with E-state index in [0.717, 1.165) is 21.9 Å². The Morgan fingerprint density at radius 3 is 2.70 bits per heavy atom. The van der Waals surface area contributed by atoms with E-state index in [1.165, 1.54) is 0 Å². The number of nitriles is 1. The van der Waals surface area contributed by atoms with Gasteiger partial charge in [-0.1, -0.05) is 12.2 Å². The number of ether oxygens (including phenoxy) is 1. The van der Waals surface area contributed by atoms with E-state index in [0.29, 0.717) is 11.3 Å². The second-order valence-corrected chi connectivity index (χ2v) is 5.73. The molecule has 0 spiro atoms. The van der Waals surface area contributed by atoms with Crippen molar-refractivity contribution >= 4 is 16.8 Å². The Morgan fingerprint density at radius 2 is 2.20 bits per heavy atom. The van der Waals surface area contributed by atoms with Gasteiger partial charge in [0.1, 0.15) is 11.8 Å². The molecule has 1 aromatic rings. The summed E-state index contributed by atoms with van der Waals surface area (Å²) in [7, 11) is 1.76. The van der Waals surface area contributed by atoms with Crippen LogP contribution in [0.1, 0.15) is 31.9 Å². The number of hydrogen-bond acceptors (Lipinski definition) is 4. The van der Waals surface area contributed by atoms with Gasteiger partial charge in [-0.25, -0.2) is 0 Å². The van der Waals surface area contributed by atoms with Crippen LogP contribution in [0.15, 0.2) is 35.3 Å². The Labute approximate surface area is 125 Å². The van der Waals surface area contributed by atoms with Gasteiger partial charge in [0.05, 0.1) is 16.7 Å². The SMILES string of the molecule is C=C(C)CSC(=NC)c1ccc(OC(C)C)c(C#N)c1. The van der Waals surface area contributed by atoms with Crippen molar-refractivity contribution in [2.45, 2.75) is 26.9 Å². The molecule has 1 aromatic carbocycles. The maximum absolute atomic E-state index is 9.24. The average molecular weight is 288 g/mol. The topological polar surface area (TPSA) is 45.4 Å². The van der Waals surface area contributed by atoms with Crippen LogP contribution < -0.4 is 4.74 Å². The molecule has 0 atom stereocenters. The van der Waals surface area contributed by atoms with E-state index in [-0.39, 0.29) is 6.10 Å². The van der Waals surface area contributed by atoms with Gasteiger partial charge in [-0.05, 0) is 39.0 Å². The second kappa shape index (κ2) is 7.76. The molecule has 106 valence electrons. The first-order valence-electron chi connectivity index (χ1n) is 6.43. The molecule has 0 aromatic heterocycles. The van der Waals surface area contributed by atoms with Crippen molar-refractivity contribution in [1.82, 2.24) is 0 Å². The molecule has 3 nitrogen and oxygen atoms in total. The predicted octanol–water partition coefficient (Wildman–Crippen LogP) is 4.03. The summed E-state index contributed by atoms with van der Waals surface area (Å²) in [4.78, 5) is 4.28. The second-order valence-electron chi connectivity index (χ2n) is 4.76. The molecular formula is C16H20N2OS. The Hall–Kier alpha value is -1.73. The minimum absolute atomic E-state index is 0.0463. The number of hydrogen-bond donors (Lipinski definition) is 0. The Balaban J connectivity index is 3.02. The summed E-state index contributed by atoms with van der Waals surface area (Å²) in [5.74, 6) is 1.44. The van der Waals surface area contributed by atoms with Crippen LogP contribution in [-0.2, 0) is 0 Å². The lowest BCUT2D eigenvalue weighted by Crippen LogP contribution is -2.07. The van der Waals surface area contributed by atoms with Crippen molar-refractivity contribution in [2.24, 2.45) is 4.99 Å². The van der Waals surface area contributed by atoms with Gasteiger partial charge in [-0.2, -0.15) is 5.26 Å². The van der Waals surface area contributed by atoms with Crippen molar-refractivity contribution in [3.05, 3.63) is 41.5 Å². The number of aliphatic imine (C=N–C) groups is 1. The molecule has 0 amide bonds. The summed E-state index contributed by atoms with van der Waals surface area (Å²) in [6, 6.07) is 7.77.